The van der Waals surface area contributed by atoms with Crippen LogP contribution in [-0.2, 0) is 4.74 Å². The van der Waals surface area contributed by atoms with Gasteiger partial charge in [-0.05, 0) is 63.3 Å². The largest absolute Gasteiger partial charge is 0.444 e. The highest BCUT2D eigenvalue weighted by Crippen LogP contribution is 2.41. The second-order valence-corrected chi connectivity index (χ2v) is 11.4. The van der Waals surface area contributed by atoms with E-state index in [1.54, 1.807) is 11.1 Å². The molecule has 1 amide bonds. The Bertz CT molecular complexity index is 1370. The summed E-state index contributed by atoms with van der Waals surface area (Å²) in [5.41, 5.74) is 10.6. The molecule has 4 heterocycles. The number of nitrogens with one attached hydrogen (secondary N) is 1. The van der Waals surface area contributed by atoms with Gasteiger partial charge < -0.3 is 20.4 Å². The Morgan fingerprint density at radius 1 is 1.31 bits per heavy atom. The summed E-state index contributed by atoms with van der Waals surface area (Å²) >= 11 is 1.51. The normalized spacial score (nSPS) is 14.6. The molecule has 36 heavy (non-hydrogen) atoms. The van der Waals surface area contributed by atoms with Crippen molar-refractivity contribution < 1.29 is 14.3 Å². The van der Waals surface area contributed by atoms with Gasteiger partial charge in [0.1, 0.15) is 5.60 Å². The van der Waals surface area contributed by atoms with Gasteiger partial charge in [-0.15, -0.1) is 11.3 Å². The fourth-order valence-electron chi connectivity index (χ4n) is 4.33. The number of hydrogen-bond donors (Lipinski definition) is 2. The van der Waals surface area contributed by atoms with Crippen LogP contribution in [0.5, 0.6) is 0 Å². The van der Waals surface area contributed by atoms with E-state index >= 15 is 0 Å². The van der Waals surface area contributed by atoms with E-state index in [9.17, 15) is 9.59 Å². The van der Waals surface area contributed by atoms with Crippen molar-refractivity contribution in [3.05, 3.63) is 46.0 Å². The molecule has 0 saturated heterocycles. The summed E-state index contributed by atoms with van der Waals surface area (Å²) in [4.78, 5) is 40.1. The molecule has 3 N–H and O–H groups in total. The third kappa shape index (κ3) is 5.21. The third-order valence-electron chi connectivity index (χ3n) is 6.00. The summed E-state index contributed by atoms with van der Waals surface area (Å²) in [6.45, 7) is 12.6. The zero-order chi connectivity index (χ0) is 26.2. The number of aliphatic imine (C=N–C) groups is 1. The second-order valence-electron chi connectivity index (χ2n) is 10.3. The van der Waals surface area contributed by atoms with Crippen molar-refractivity contribution in [2.75, 3.05) is 13.1 Å². The minimum Gasteiger partial charge on any atom is -0.444 e. The van der Waals surface area contributed by atoms with E-state index in [2.05, 4.69) is 28.8 Å². The maximum Gasteiger partial charge on any atom is 0.410 e. The lowest BCUT2D eigenvalue weighted by molar-refractivity contribution is 0.0264. The zero-order valence-electron chi connectivity index (χ0n) is 21.6. The van der Waals surface area contributed by atoms with E-state index in [4.69, 9.17) is 10.5 Å². The van der Waals surface area contributed by atoms with Gasteiger partial charge in [0.2, 0.25) is 0 Å². The molecule has 0 unspecified atom stereocenters. The predicted octanol–water partition coefficient (Wildman–Crippen LogP) is 6.09. The summed E-state index contributed by atoms with van der Waals surface area (Å²) in [6, 6.07) is 3.98. The second kappa shape index (κ2) is 9.89. The zero-order valence-corrected chi connectivity index (χ0v) is 22.5. The number of aromatic amines is 1. The van der Waals surface area contributed by atoms with Crippen LogP contribution in [0.15, 0.2) is 35.0 Å². The average Bonchev–Trinajstić information content (AvgIpc) is 3.37. The summed E-state index contributed by atoms with van der Waals surface area (Å²) in [6.07, 6.45) is 5.05. The molecule has 1 aliphatic rings. The summed E-state index contributed by atoms with van der Waals surface area (Å²) in [5.74, 6) is 0.861. The Morgan fingerprint density at radius 3 is 2.64 bits per heavy atom. The lowest BCUT2D eigenvalue weighted by Crippen LogP contribution is -2.39. The molecule has 8 nitrogen and oxygen atoms in total. The molecule has 3 aromatic heterocycles. The van der Waals surface area contributed by atoms with Gasteiger partial charge >= 0.3 is 6.09 Å². The molecule has 0 saturated carbocycles. The van der Waals surface area contributed by atoms with Crippen LogP contribution in [0.25, 0.3) is 21.5 Å². The number of nitrogens with two attached hydrogens (primary N) is 1. The number of pyridine rings is 1. The number of aromatic nitrogens is 2. The number of fused-ring (bicyclic) bond motifs is 1. The molecule has 0 fully saturated rings. The maximum absolute atomic E-state index is 13.3. The van der Waals surface area contributed by atoms with Gasteiger partial charge in [0.25, 0.3) is 0 Å². The molecule has 3 aromatic rings. The van der Waals surface area contributed by atoms with Crippen LogP contribution in [0.3, 0.4) is 0 Å². The molecule has 0 spiro atoms. The summed E-state index contributed by atoms with van der Waals surface area (Å²) in [5, 5.41) is 0. The van der Waals surface area contributed by atoms with Crippen LogP contribution in [0.4, 0.5) is 10.6 Å². The van der Waals surface area contributed by atoms with Crippen molar-refractivity contribution >= 4 is 45.6 Å². The number of aryl methyl sites for hydroxylation is 1. The molecule has 0 atom stereocenters. The monoisotopic (exact) mass is 507 g/mol. The van der Waals surface area contributed by atoms with E-state index in [1.807, 2.05) is 45.9 Å². The number of Topliss-reactive ketones (excluding diaryl/α,β-unsaturated/α-hetero) is 1. The van der Waals surface area contributed by atoms with E-state index < -0.39 is 5.60 Å². The number of ketones is 1. The Morgan fingerprint density at radius 2 is 2.06 bits per heavy atom. The van der Waals surface area contributed by atoms with Crippen molar-refractivity contribution in [3.8, 4) is 11.3 Å². The van der Waals surface area contributed by atoms with Crippen molar-refractivity contribution in [1.29, 1.82) is 0 Å². The van der Waals surface area contributed by atoms with E-state index in [1.165, 1.54) is 23.2 Å². The number of carbonyl (C=O) groups excluding carboxylic acids is 2. The first-order valence-electron chi connectivity index (χ1n) is 12.1. The molecule has 0 aliphatic carbocycles. The molecular formula is C27H33N5O3S. The molecular weight excluding hydrogens is 474 g/mol. The Balaban J connectivity index is 1.60. The molecule has 1 aliphatic heterocycles. The van der Waals surface area contributed by atoms with Crippen LogP contribution in [0.1, 0.15) is 67.8 Å². The standard InChI is InChI=1S/C27H33N5O3S/c1-15(2)21-22(18-11-16(3)25(29-13-18)30-14-28)31-19-12-20(36-24(19)21)23(33)17-7-9-32(10-8-17)26(34)35-27(4,5)6/h7,11-15,31H,8-10H2,1-6H3,(H2,28,29,30). The van der Waals surface area contributed by atoms with Crippen molar-refractivity contribution in [3.63, 3.8) is 0 Å². The van der Waals surface area contributed by atoms with Gasteiger partial charge in [0.05, 0.1) is 27.1 Å². The van der Waals surface area contributed by atoms with Crippen LogP contribution in [0.2, 0.25) is 0 Å². The first-order valence-corrected chi connectivity index (χ1v) is 12.9. The first-order chi connectivity index (χ1) is 17.0. The smallest absolute Gasteiger partial charge is 0.410 e. The molecule has 190 valence electrons. The van der Waals surface area contributed by atoms with Crippen LogP contribution in [-0.4, -0.2) is 51.8 Å². The molecule has 4 rings (SSSR count). The topological polar surface area (TPSA) is 114 Å². The summed E-state index contributed by atoms with van der Waals surface area (Å²) < 4.78 is 6.53. The lowest BCUT2D eigenvalue weighted by Gasteiger charge is -2.29. The minimum absolute atomic E-state index is 0.0196. The number of hydrogen-bond acceptors (Lipinski definition) is 6. The van der Waals surface area contributed by atoms with Gasteiger partial charge in [-0.1, -0.05) is 19.9 Å². The Labute approximate surface area is 215 Å². The predicted molar refractivity (Wildman–Crippen MR) is 145 cm³/mol. The van der Waals surface area contributed by atoms with Crippen LogP contribution >= 0.6 is 11.3 Å². The third-order valence-corrected chi connectivity index (χ3v) is 7.16. The minimum atomic E-state index is -0.545. The molecule has 0 aromatic carbocycles. The Kier molecular flexibility index (Phi) is 7.04. The number of thiophene rings is 1. The Hall–Kier alpha value is -3.46. The highest BCUT2D eigenvalue weighted by atomic mass is 32.1. The fourth-order valence-corrected chi connectivity index (χ4v) is 5.61. The van der Waals surface area contributed by atoms with E-state index in [0.29, 0.717) is 30.2 Å². The number of ether oxygens (including phenoxy) is 1. The number of nitrogens with zero attached hydrogens (tertiary/aromatic N) is 3. The van der Waals surface area contributed by atoms with Crippen LogP contribution < -0.4 is 5.73 Å². The summed E-state index contributed by atoms with van der Waals surface area (Å²) in [7, 11) is 0. The number of rotatable bonds is 5. The highest BCUT2D eigenvalue weighted by molar-refractivity contribution is 7.21. The molecule has 9 heteroatoms. The average molecular weight is 508 g/mol. The number of amides is 1. The van der Waals surface area contributed by atoms with Gasteiger partial charge in [0, 0.05) is 30.4 Å². The van der Waals surface area contributed by atoms with Crippen molar-refractivity contribution in [1.82, 2.24) is 14.9 Å². The van der Waals surface area contributed by atoms with E-state index in [0.717, 1.165) is 32.6 Å². The van der Waals surface area contributed by atoms with Gasteiger partial charge in [0.15, 0.2) is 11.6 Å². The van der Waals surface area contributed by atoms with Crippen molar-refractivity contribution in [2.24, 2.45) is 10.7 Å². The first kappa shape index (κ1) is 25.6. The highest BCUT2D eigenvalue weighted by Gasteiger charge is 2.27. The molecule has 0 radical (unpaired) electrons. The molecule has 0 bridgehead atoms. The van der Waals surface area contributed by atoms with Gasteiger partial charge in [-0.2, -0.15) is 0 Å². The lowest BCUT2D eigenvalue weighted by atomic mass is 9.99. The van der Waals surface area contributed by atoms with Gasteiger partial charge in [-0.25, -0.2) is 14.8 Å². The van der Waals surface area contributed by atoms with Crippen LogP contribution in [0, 0.1) is 6.92 Å². The number of H-pyrrole nitrogens is 1. The quantitative estimate of drug-likeness (QED) is 0.246. The van der Waals surface area contributed by atoms with Crippen molar-refractivity contribution in [2.45, 2.75) is 59.5 Å². The van der Waals surface area contributed by atoms with E-state index in [-0.39, 0.29) is 17.8 Å². The maximum atomic E-state index is 13.3. The number of carbonyl (C=O) groups is 2. The SMILES string of the molecule is Cc1cc(-c2[nH]c3cc(C(=O)C4=CCN(C(=O)OC(C)(C)C)CC4)sc3c2C(C)C)cnc1N=CN. The fraction of sp³-hybridized carbons (Fsp3) is 0.407. The van der Waals surface area contributed by atoms with Gasteiger partial charge in [-0.3, -0.25) is 4.79 Å².